The van der Waals surface area contributed by atoms with Gasteiger partial charge in [0.15, 0.2) is 0 Å². The molecule has 8 nitrogen and oxygen atoms in total. The lowest BCUT2D eigenvalue weighted by atomic mass is 9.71. The molecule has 200 valence electrons. The maximum atomic E-state index is 6.26. The van der Waals surface area contributed by atoms with E-state index in [-0.39, 0.29) is 10.5 Å². The first-order valence-electron chi connectivity index (χ1n) is 14.6. The van der Waals surface area contributed by atoms with E-state index in [1.54, 1.807) is 0 Å². The highest BCUT2D eigenvalue weighted by Crippen LogP contribution is 2.58. The van der Waals surface area contributed by atoms with Gasteiger partial charge in [-0.15, -0.1) is 11.8 Å². The second-order valence-corrected chi connectivity index (χ2v) is 13.0. The van der Waals surface area contributed by atoms with Gasteiger partial charge < -0.3 is 20.7 Å². The molecular formula is C26H49N7OS. The highest BCUT2D eigenvalue weighted by atomic mass is 32.2. The fourth-order valence-corrected chi connectivity index (χ4v) is 10.8. The van der Waals surface area contributed by atoms with Gasteiger partial charge in [0, 0.05) is 69.9 Å². The Balaban J connectivity index is 1.53. The quantitative estimate of drug-likeness (QED) is 0.489. The van der Waals surface area contributed by atoms with Crippen molar-refractivity contribution < 1.29 is 4.74 Å². The zero-order valence-electron chi connectivity index (χ0n) is 22.0. The summed E-state index contributed by atoms with van der Waals surface area (Å²) in [4.78, 5) is 11.7. The number of nitrogens with zero attached hydrogens (tertiary/aromatic N) is 4. The first kappa shape index (κ1) is 25.3. The highest BCUT2D eigenvalue weighted by molar-refractivity contribution is 8.00. The van der Waals surface area contributed by atoms with Crippen molar-refractivity contribution in [3.8, 4) is 0 Å². The van der Waals surface area contributed by atoms with Crippen LogP contribution in [0.1, 0.15) is 32.1 Å². The lowest BCUT2D eigenvalue weighted by Gasteiger charge is -2.71. The van der Waals surface area contributed by atoms with Crippen molar-refractivity contribution in [3.63, 3.8) is 0 Å². The van der Waals surface area contributed by atoms with Crippen molar-refractivity contribution in [2.45, 2.75) is 48.8 Å². The number of likely N-dealkylation sites (N-methyl/N-ethyl adjacent to an activating group) is 1. The van der Waals surface area contributed by atoms with E-state index in [9.17, 15) is 0 Å². The van der Waals surface area contributed by atoms with Crippen LogP contribution in [-0.4, -0.2) is 141 Å². The van der Waals surface area contributed by atoms with Crippen molar-refractivity contribution in [2.24, 2.45) is 11.8 Å². The lowest BCUT2D eigenvalue weighted by Crippen LogP contribution is -2.86. The maximum absolute atomic E-state index is 6.26. The van der Waals surface area contributed by atoms with Crippen LogP contribution < -0.4 is 16.0 Å². The highest BCUT2D eigenvalue weighted by Gasteiger charge is 2.69. The van der Waals surface area contributed by atoms with Crippen molar-refractivity contribution in [1.82, 2.24) is 35.6 Å². The van der Waals surface area contributed by atoms with E-state index >= 15 is 0 Å². The van der Waals surface area contributed by atoms with Gasteiger partial charge >= 0.3 is 0 Å². The van der Waals surface area contributed by atoms with E-state index in [0.29, 0.717) is 18.0 Å². The number of thioether (sulfide) groups is 1. The third kappa shape index (κ3) is 4.21. The van der Waals surface area contributed by atoms with Crippen LogP contribution in [0.25, 0.3) is 0 Å². The molecule has 0 aliphatic carbocycles. The summed E-state index contributed by atoms with van der Waals surface area (Å²) in [5, 5.41) is 11.4. The Bertz CT molecular complexity index is 673. The Hall–Kier alpha value is 0.0300. The summed E-state index contributed by atoms with van der Waals surface area (Å²) in [7, 11) is 2.49. The number of likely N-dealkylation sites (tertiary alicyclic amines) is 1. The van der Waals surface area contributed by atoms with Gasteiger partial charge in [-0.05, 0) is 65.3 Å². The van der Waals surface area contributed by atoms with Gasteiger partial charge in [0.1, 0.15) is 10.5 Å². The van der Waals surface area contributed by atoms with Gasteiger partial charge in [0.2, 0.25) is 0 Å². The molecule has 3 N–H and O–H groups in total. The van der Waals surface area contributed by atoms with Crippen molar-refractivity contribution in [1.29, 1.82) is 0 Å². The summed E-state index contributed by atoms with van der Waals surface area (Å²) in [5.41, 5.74) is -0.00250. The predicted octanol–water partition coefficient (Wildman–Crippen LogP) is 0.326. The molecule has 6 saturated heterocycles. The first-order valence-corrected chi connectivity index (χ1v) is 15.6. The van der Waals surface area contributed by atoms with Crippen LogP contribution in [0.4, 0.5) is 0 Å². The number of nitrogens with one attached hydrogen (secondary N) is 3. The fraction of sp³-hybridized carbons (Fsp3) is 1.00. The minimum atomic E-state index is -0.00250. The molecule has 0 bridgehead atoms. The zero-order valence-corrected chi connectivity index (χ0v) is 22.8. The number of ether oxygens (including phenoxy) is 1. The Morgan fingerprint density at radius 2 is 1.60 bits per heavy atom. The predicted molar refractivity (Wildman–Crippen MR) is 144 cm³/mol. The first-order chi connectivity index (χ1) is 17.3. The SMILES string of the molecule is CN1CCSC(C2CCCNC2)(N2CCNCC2)C1(C1CCNC1)N1CCOCC1N1CCCC1. The van der Waals surface area contributed by atoms with Gasteiger partial charge in [-0.1, -0.05) is 0 Å². The minimum Gasteiger partial charge on any atom is -0.377 e. The van der Waals surface area contributed by atoms with E-state index in [1.807, 2.05) is 0 Å². The van der Waals surface area contributed by atoms with Gasteiger partial charge in [-0.3, -0.25) is 19.6 Å². The summed E-state index contributed by atoms with van der Waals surface area (Å²) in [5.74, 6) is 2.52. The van der Waals surface area contributed by atoms with E-state index in [4.69, 9.17) is 4.74 Å². The molecule has 35 heavy (non-hydrogen) atoms. The van der Waals surface area contributed by atoms with Crippen LogP contribution in [0.2, 0.25) is 0 Å². The number of morpholine rings is 1. The third-order valence-electron chi connectivity index (χ3n) is 10.0. The molecule has 0 aromatic heterocycles. The molecule has 0 aromatic rings. The Labute approximate surface area is 217 Å². The number of piperazine rings is 1. The molecule has 0 amide bonds. The van der Waals surface area contributed by atoms with Crippen LogP contribution >= 0.6 is 11.8 Å². The fourth-order valence-electron chi connectivity index (χ4n) is 8.66. The average molecular weight is 508 g/mol. The van der Waals surface area contributed by atoms with Crippen LogP contribution in [0.5, 0.6) is 0 Å². The van der Waals surface area contributed by atoms with Crippen LogP contribution in [0.3, 0.4) is 0 Å². The molecule has 6 rings (SSSR count). The van der Waals surface area contributed by atoms with Crippen molar-refractivity contribution in [3.05, 3.63) is 0 Å². The van der Waals surface area contributed by atoms with E-state index in [0.717, 1.165) is 65.6 Å². The normalized spacial score (nSPS) is 43.6. The summed E-state index contributed by atoms with van der Waals surface area (Å²) in [6.45, 7) is 15.6. The van der Waals surface area contributed by atoms with E-state index in [1.165, 1.54) is 64.0 Å². The van der Waals surface area contributed by atoms with Crippen LogP contribution in [0.15, 0.2) is 0 Å². The topological polar surface area (TPSA) is 58.3 Å². The molecule has 0 radical (unpaired) electrons. The molecule has 5 unspecified atom stereocenters. The van der Waals surface area contributed by atoms with Gasteiger partial charge in [-0.25, -0.2) is 0 Å². The summed E-state index contributed by atoms with van der Waals surface area (Å²) < 4.78 is 6.26. The second kappa shape index (κ2) is 11.0. The molecule has 5 atom stereocenters. The third-order valence-corrected chi connectivity index (χ3v) is 11.7. The number of hydrogen-bond acceptors (Lipinski definition) is 9. The molecule has 0 saturated carbocycles. The summed E-state index contributed by atoms with van der Waals surface area (Å²) in [6, 6.07) is 0. The lowest BCUT2D eigenvalue weighted by molar-refractivity contribution is -0.230. The molecule has 6 fully saturated rings. The maximum Gasteiger partial charge on any atom is 0.108 e. The van der Waals surface area contributed by atoms with E-state index in [2.05, 4.69) is 54.4 Å². The van der Waals surface area contributed by atoms with Crippen molar-refractivity contribution in [2.75, 3.05) is 105 Å². The number of piperidine rings is 1. The molecule has 0 spiro atoms. The molecular weight excluding hydrogens is 458 g/mol. The Morgan fingerprint density at radius 3 is 2.34 bits per heavy atom. The number of rotatable bonds is 5. The van der Waals surface area contributed by atoms with E-state index < -0.39 is 0 Å². The van der Waals surface area contributed by atoms with Gasteiger partial charge in [-0.2, -0.15) is 0 Å². The molecule has 6 aliphatic heterocycles. The number of hydrogen-bond donors (Lipinski definition) is 3. The summed E-state index contributed by atoms with van der Waals surface area (Å²) >= 11 is 2.35. The van der Waals surface area contributed by atoms with Gasteiger partial charge in [0.05, 0.1) is 19.4 Å². The minimum absolute atomic E-state index is 0.00250. The second-order valence-electron chi connectivity index (χ2n) is 11.7. The molecule has 9 heteroatoms. The Kier molecular flexibility index (Phi) is 7.97. The standard InChI is InChI=1S/C26H49N7OS/c1-30-16-18-35-26(23-5-4-7-28-20-23,32-13-9-27-10-14-32)25(30,22-6-8-29-19-22)33-15-17-34-21-24(33)31-11-2-3-12-31/h22-24,27-29H,2-21H2,1H3. The zero-order chi connectivity index (χ0) is 23.7. The molecule has 6 aliphatic rings. The largest absolute Gasteiger partial charge is 0.377 e. The molecule has 6 heterocycles. The van der Waals surface area contributed by atoms with Crippen LogP contribution in [-0.2, 0) is 4.74 Å². The van der Waals surface area contributed by atoms with Crippen LogP contribution in [0, 0.1) is 11.8 Å². The Morgan fingerprint density at radius 1 is 0.800 bits per heavy atom. The van der Waals surface area contributed by atoms with Gasteiger partial charge in [0.25, 0.3) is 0 Å². The monoisotopic (exact) mass is 507 g/mol. The average Bonchev–Trinajstić information content (AvgIpc) is 3.65. The van der Waals surface area contributed by atoms with Crippen molar-refractivity contribution >= 4 is 11.8 Å². The molecule has 0 aromatic carbocycles. The smallest absolute Gasteiger partial charge is 0.108 e. The summed E-state index contributed by atoms with van der Waals surface area (Å²) in [6.07, 6.45) is 7.00.